The zero-order chi connectivity index (χ0) is 13.1. The predicted molar refractivity (Wildman–Crippen MR) is 71.0 cm³/mol. The summed E-state index contributed by atoms with van der Waals surface area (Å²) in [5.74, 6) is -0.634. The standard InChI is InChI=1S/C13H10BrFN2O/c1-8-10(3-2-6-16-8)13(18)17-12-5-4-9(15)7-11(12)14/h2-7H,1H3,(H,17,18). The van der Waals surface area contributed by atoms with Crippen molar-refractivity contribution in [1.29, 1.82) is 0 Å². The fraction of sp³-hybridized carbons (Fsp3) is 0.0769. The summed E-state index contributed by atoms with van der Waals surface area (Å²) in [6, 6.07) is 7.47. The number of rotatable bonds is 2. The van der Waals surface area contributed by atoms with Crippen molar-refractivity contribution in [1.82, 2.24) is 4.98 Å². The van der Waals surface area contributed by atoms with E-state index in [0.29, 0.717) is 21.4 Å². The number of hydrogen-bond donors (Lipinski definition) is 1. The van der Waals surface area contributed by atoms with Crippen LogP contribution in [-0.2, 0) is 0 Å². The lowest BCUT2D eigenvalue weighted by atomic mass is 10.2. The smallest absolute Gasteiger partial charge is 0.257 e. The van der Waals surface area contributed by atoms with Crippen LogP contribution in [0.4, 0.5) is 10.1 Å². The van der Waals surface area contributed by atoms with Crippen LogP contribution in [0.25, 0.3) is 0 Å². The third kappa shape index (κ3) is 2.73. The van der Waals surface area contributed by atoms with E-state index in [1.807, 2.05) is 0 Å². The Morgan fingerprint density at radius 1 is 1.39 bits per heavy atom. The topological polar surface area (TPSA) is 42.0 Å². The van der Waals surface area contributed by atoms with E-state index in [1.165, 1.54) is 18.2 Å². The summed E-state index contributed by atoms with van der Waals surface area (Å²) in [7, 11) is 0. The number of benzene rings is 1. The molecule has 3 nitrogen and oxygen atoms in total. The second-order valence-corrected chi connectivity index (χ2v) is 4.57. The zero-order valence-electron chi connectivity index (χ0n) is 9.58. The number of anilines is 1. The first-order valence-electron chi connectivity index (χ1n) is 5.26. The fourth-order valence-corrected chi connectivity index (χ4v) is 1.95. The molecule has 0 radical (unpaired) electrons. The van der Waals surface area contributed by atoms with Gasteiger partial charge in [0, 0.05) is 16.4 Å². The third-order valence-electron chi connectivity index (χ3n) is 2.43. The van der Waals surface area contributed by atoms with Gasteiger partial charge in [0.1, 0.15) is 5.82 Å². The van der Waals surface area contributed by atoms with E-state index in [4.69, 9.17) is 0 Å². The van der Waals surface area contributed by atoms with E-state index < -0.39 is 0 Å². The number of halogens is 2. The minimum atomic E-state index is -0.363. The summed E-state index contributed by atoms with van der Waals surface area (Å²) in [5, 5.41) is 2.70. The number of aryl methyl sites for hydroxylation is 1. The molecule has 0 unspecified atom stereocenters. The van der Waals surface area contributed by atoms with Crippen molar-refractivity contribution in [3.05, 3.63) is 58.1 Å². The Hall–Kier alpha value is -1.75. The monoisotopic (exact) mass is 308 g/mol. The molecule has 1 aromatic heterocycles. The molecule has 2 rings (SSSR count). The molecule has 0 aliphatic heterocycles. The lowest BCUT2D eigenvalue weighted by Gasteiger charge is -2.08. The van der Waals surface area contributed by atoms with Crippen LogP contribution in [0.15, 0.2) is 41.0 Å². The van der Waals surface area contributed by atoms with E-state index in [-0.39, 0.29) is 11.7 Å². The Labute approximate surface area is 112 Å². The number of hydrogen-bond acceptors (Lipinski definition) is 2. The van der Waals surface area contributed by atoms with Crippen molar-refractivity contribution >= 4 is 27.5 Å². The lowest BCUT2D eigenvalue weighted by Crippen LogP contribution is -2.14. The summed E-state index contributed by atoms with van der Waals surface area (Å²) in [6.07, 6.45) is 1.62. The van der Waals surface area contributed by atoms with Gasteiger partial charge in [0.05, 0.1) is 11.3 Å². The molecule has 18 heavy (non-hydrogen) atoms. The Morgan fingerprint density at radius 2 is 2.17 bits per heavy atom. The van der Waals surface area contributed by atoms with Crippen molar-refractivity contribution in [2.24, 2.45) is 0 Å². The van der Waals surface area contributed by atoms with Gasteiger partial charge in [-0.1, -0.05) is 0 Å². The molecule has 0 bridgehead atoms. The molecule has 0 saturated carbocycles. The molecule has 1 heterocycles. The quantitative estimate of drug-likeness (QED) is 0.922. The predicted octanol–water partition coefficient (Wildman–Crippen LogP) is 3.54. The van der Waals surface area contributed by atoms with E-state index in [1.54, 1.807) is 25.3 Å². The molecule has 0 atom stereocenters. The molecule has 1 N–H and O–H groups in total. The zero-order valence-corrected chi connectivity index (χ0v) is 11.2. The molecule has 1 amide bonds. The van der Waals surface area contributed by atoms with Gasteiger partial charge < -0.3 is 5.32 Å². The van der Waals surface area contributed by atoms with Crippen LogP contribution >= 0.6 is 15.9 Å². The molecular formula is C13H10BrFN2O. The molecule has 0 spiro atoms. The lowest BCUT2D eigenvalue weighted by molar-refractivity contribution is 0.102. The summed E-state index contributed by atoms with van der Waals surface area (Å²) >= 11 is 3.20. The molecule has 1 aromatic carbocycles. The van der Waals surface area contributed by atoms with Crippen molar-refractivity contribution in [3.63, 3.8) is 0 Å². The van der Waals surface area contributed by atoms with Gasteiger partial charge in [0.25, 0.3) is 5.91 Å². The minimum Gasteiger partial charge on any atom is -0.321 e. The second-order valence-electron chi connectivity index (χ2n) is 3.71. The first-order chi connectivity index (χ1) is 8.58. The van der Waals surface area contributed by atoms with Gasteiger partial charge in [0.15, 0.2) is 0 Å². The van der Waals surface area contributed by atoms with Crippen molar-refractivity contribution in [2.45, 2.75) is 6.92 Å². The van der Waals surface area contributed by atoms with Gasteiger partial charge in [-0.2, -0.15) is 0 Å². The molecular weight excluding hydrogens is 299 g/mol. The maximum atomic E-state index is 12.9. The van der Waals surface area contributed by atoms with Crippen molar-refractivity contribution < 1.29 is 9.18 Å². The van der Waals surface area contributed by atoms with Crippen LogP contribution in [0.1, 0.15) is 16.1 Å². The highest BCUT2D eigenvalue weighted by atomic mass is 79.9. The van der Waals surface area contributed by atoms with Crippen LogP contribution < -0.4 is 5.32 Å². The van der Waals surface area contributed by atoms with Crippen molar-refractivity contribution in [2.75, 3.05) is 5.32 Å². The number of nitrogens with zero attached hydrogens (tertiary/aromatic N) is 1. The molecule has 0 aliphatic rings. The van der Waals surface area contributed by atoms with Gasteiger partial charge >= 0.3 is 0 Å². The average Bonchev–Trinajstić information content (AvgIpc) is 2.33. The van der Waals surface area contributed by atoms with Gasteiger partial charge in [-0.15, -0.1) is 0 Å². The van der Waals surface area contributed by atoms with Crippen LogP contribution in [-0.4, -0.2) is 10.9 Å². The molecule has 0 saturated heterocycles. The molecule has 0 aliphatic carbocycles. The SMILES string of the molecule is Cc1ncccc1C(=O)Nc1ccc(F)cc1Br. The Morgan fingerprint density at radius 3 is 2.83 bits per heavy atom. The normalized spacial score (nSPS) is 10.2. The number of carbonyl (C=O) groups excluding carboxylic acids is 1. The van der Waals surface area contributed by atoms with Gasteiger partial charge in [-0.25, -0.2) is 4.39 Å². The van der Waals surface area contributed by atoms with Gasteiger partial charge in [0.2, 0.25) is 0 Å². The number of carbonyl (C=O) groups is 1. The number of pyridine rings is 1. The Balaban J connectivity index is 2.24. The first kappa shape index (κ1) is 12.7. The van der Waals surface area contributed by atoms with Gasteiger partial charge in [-0.05, 0) is 53.2 Å². The first-order valence-corrected chi connectivity index (χ1v) is 6.05. The highest BCUT2D eigenvalue weighted by molar-refractivity contribution is 9.10. The van der Waals surface area contributed by atoms with Crippen LogP contribution in [0.5, 0.6) is 0 Å². The van der Waals surface area contributed by atoms with E-state index in [2.05, 4.69) is 26.2 Å². The number of aromatic nitrogens is 1. The van der Waals surface area contributed by atoms with Crippen LogP contribution in [0.3, 0.4) is 0 Å². The Kier molecular flexibility index (Phi) is 3.72. The largest absolute Gasteiger partial charge is 0.321 e. The number of amides is 1. The summed E-state index contributed by atoms with van der Waals surface area (Å²) < 4.78 is 13.4. The maximum Gasteiger partial charge on any atom is 0.257 e. The van der Waals surface area contributed by atoms with Crippen LogP contribution in [0.2, 0.25) is 0 Å². The highest BCUT2D eigenvalue weighted by Crippen LogP contribution is 2.23. The van der Waals surface area contributed by atoms with Crippen LogP contribution in [0, 0.1) is 12.7 Å². The molecule has 92 valence electrons. The van der Waals surface area contributed by atoms with E-state index in [0.717, 1.165) is 0 Å². The molecule has 5 heteroatoms. The summed E-state index contributed by atoms with van der Waals surface area (Å²) in [6.45, 7) is 1.76. The maximum absolute atomic E-state index is 12.9. The highest BCUT2D eigenvalue weighted by Gasteiger charge is 2.11. The van der Waals surface area contributed by atoms with E-state index >= 15 is 0 Å². The van der Waals surface area contributed by atoms with Gasteiger partial charge in [-0.3, -0.25) is 9.78 Å². The third-order valence-corrected chi connectivity index (χ3v) is 3.09. The summed E-state index contributed by atoms with van der Waals surface area (Å²) in [5.41, 5.74) is 1.66. The fourth-order valence-electron chi connectivity index (χ4n) is 1.50. The second kappa shape index (κ2) is 5.27. The average molecular weight is 309 g/mol. The molecule has 2 aromatic rings. The van der Waals surface area contributed by atoms with Crippen molar-refractivity contribution in [3.8, 4) is 0 Å². The number of nitrogens with one attached hydrogen (secondary N) is 1. The summed E-state index contributed by atoms with van der Waals surface area (Å²) in [4.78, 5) is 16.1. The minimum absolute atomic E-state index is 0.270. The van der Waals surface area contributed by atoms with E-state index in [9.17, 15) is 9.18 Å². The Bertz CT molecular complexity index is 601. The molecule has 0 fully saturated rings.